The van der Waals surface area contributed by atoms with Crippen LogP contribution in [0.25, 0.3) is 0 Å². The van der Waals surface area contributed by atoms with Gasteiger partial charge >= 0.3 is 6.09 Å². The highest BCUT2D eigenvalue weighted by molar-refractivity contribution is 6.35. The molecule has 1 N–H and O–H groups in total. The van der Waals surface area contributed by atoms with E-state index >= 15 is 0 Å². The molecular weight excluding hydrogens is 260 g/mol. The molecular formula is C11H13ClN2O4. The molecule has 1 rings (SSSR count). The normalized spacial score (nSPS) is 10.9. The van der Waals surface area contributed by atoms with Gasteiger partial charge in [0.1, 0.15) is 10.6 Å². The summed E-state index contributed by atoms with van der Waals surface area (Å²) in [6, 6.07) is 4.14. The van der Waals surface area contributed by atoms with E-state index in [1.165, 1.54) is 18.2 Å². The van der Waals surface area contributed by atoms with E-state index in [1.54, 1.807) is 20.8 Å². The molecule has 18 heavy (non-hydrogen) atoms. The highest BCUT2D eigenvalue weighted by Crippen LogP contribution is 2.31. The first-order chi connectivity index (χ1) is 8.20. The molecule has 0 fully saturated rings. The highest BCUT2D eigenvalue weighted by Gasteiger charge is 2.20. The van der Waals surface area contributed by atoms with Gasteiger partial charge in [-0.3, -0.25) is 15.4 Å². The predicted octanol–water partition coefficient (Wildman–Crippen LogP) is 3.60. The molecule has 98 valence electrons. The van der Waals surface area contributed by atoms with Crippen molar-refractivity contribution in [2.45, 2.75) is 26.4 Å². The number of benzene rings is 1. The number of anilines is 1. The van der Waals surface area contributed by atoms with Crippen molar-refractivity contribution in [2.24, 2.45) is 0 Å². The van der Waals surface area contributed by atoms with Crippen LogP contribution in [-0.2, 0) is 4.74 Å². The minimum absolute atomic E-state index is 0.131. The summed E-state index contributed by atoms with van der Waals surface area (Å²) >= 11 is 5.81. The van der Waals surface area contributed by atoms with Crippen LogP contribution in [0.4, 0.5) is 16.2 Å². The van der Waals surface area contributed by atoms with E-state index in [2.05, 4.69) is 5.32 Å². The number of nitrogens with one attached hydrogen (secondary N) is 1. The quantitative estimate of drug-likeness (QED) is 0.659. The topological polar surface area (TPSA) is 81.5 Å². The van der Waals surface area contributed by atoms with Gasteiger partial charge in [0, 0.05) is 6.07 Å². The largest absolute Gasteiger partial charge is 0.444 e. The highest BCUT2D eigenvalue weighted by atomic mass is 35.5. The molecule has 6 nitrogen and oxygen atoms in total. The monoisotopic (exact) mass is 272 g/mol. The number of hydrogen-bond donors (Lipinski definition) is 1. The summed E-state index contributed by atoms with van der Waals surface area (Å²) in [5, 5.41) is 12.9. The number of rotatable bonds is 2. The molecule has 7 heteroatoms. The molecule has 1 aromatic rings. The van der Waals surface area contributed by atoms with E-state index in [-0.39, 0.29) is 16.4 Å². The molecule has 0 aromatic heterocycles. The van der Waals surface area contributed by atoms with Gasteiger partial charge in [-0.15, -0.1) is 0 Å². The fourth-order valence-corrected chi connectivity index (χ4v) is 1.41. The summed E-state index contributed by atoms with van der Waals surface area (Å²) in [5.41, 5.74) is -0.789. The van der Waals surface area contributed by atoms with Crippen LogP contribution in [0, 0.1) is 10.1 Å². The minimum atomic E-state index is -0.718. The van der Waals surface area contributed by atoms with Crippen molar-refractivity contribution >= 4 is 29.1 Å². The Hall–Kier alpha value is -1.82. The van der Waals surface area contributed by atoms with Crippen molar-refractivity contribution < 1.29 is 14.5 Å². The SMILES string of the molecule is CC(C)(C)OC(=O)Nc1cccc([N+](=O)[O-])c1Cl. The van der Waals surface area contributed by atoms with Gasteiger partial charge in [0.05, 0.1) is 10.6 Å². The lowest BCUT2D eigenvalue weighted by molar-refractivity contribution is -0.384. The molecule has 0 unspecified atom stereocenters. The molecule has 1 aromatic carbocycles. The molecule has 0 aliphatic heterocycles. The van der Waals surface area contributed by atoms with Crippen LogP contribution in [0.1, 0.15) is 20.8 Å². The first-order valence-electron chi connectivity index (χ1n) is 5.13. The number of ether oxygens (including phenoxy) is 1. The first-order valence-corrected chi connectivity index (χ1v) is 5.51. The third-order valence-electron chi connectivity index (χ3n) is 1.81. The van der Waals surface area contributed by atoms with Crippen molar-refractivity contribution in [3.8, 4) is 0 Å². The number of nitro groups is 1. The molecule has 0 aliphatic rings. The minimum Gasteiger partial charge on any atom is -0.444 e. The van der Waals surface area contributed by atoms with E-state index in [9.17, 15) is 14.9 Å². The Kier molecular flexibility index (Phi) is 4.13. The van der Waals surface area contributed by atoms with Gasteiger partial charge in [0.2, 0.25) is 0 Å². The molecule has 0 atom stereocenters. The molecule has 0 heterocycles. The number of halogens is 1. The maximum atomic E-state index is 11.5. The summed E-state index contributed by atoms with van der Waals surface area (Å²) < 4.78 is 5.02. The summed E-state index contributed by atoms with van der Waals surface area (Å²) in [4.78, 5) is 21.5. The summed E-state index contributed by atoms with van der Waals surface area (Å²) in [6.45, 7) is 5.13. The zero-order valence-electron chi connectivity index (χ0n) is 10.2. The first kappa shape index (κ1) is 14.2. The Morgan fingerprint density at radius 3 is 2.56 bits per heavy atom. The van der Waals surface area contributed by atoms with Crippen LogP contribution in [0.15, 0.2) is 18.2 Å². The Balaban J connectivity index is 2.89. The maximum absolute atomic E-state index is 11.5. The van der Waals surface area contributed by atoms with E-state index < -0.39 is 16.6 Å². The number of carbonyl (C=O) groups excluding carboxylic acids is 1. The zero-order chi connectivity index (χ0) is 13.9. The molecule has 1 amide bonds. The van der Waals surface area contributed by atoms with Crippen LogP contribution in [0.3, 0.4) is 0 Å². The number of hydrogen-bond acceptors (Lipinski definition) is 4. The molecule has 0 bridgehead atoms. The van der Waals surface area contributed by atoms with E-state index in [1.807, 2.05) is 0 Å². The number of nitro benzene ring substituents is 1. The zero-order valence-corrected chi connectivity index (χ0v) is 10.9. The Morgan fingerprint density at radius 2 is 2.06 bits per heavy atom. The third kappa shape index (κ3) is 3.89. The standard InChI is InChI=1S/C11H13ClN2O4/c1-11(2,3)18-10(15)13-7-5-4-6-8(9(7)12)14(16)17/h4-6H,1-3H3,(H,13,15). The third-order valence-corrected chi connectivity index (χ3v) is 2.21. The van der Waals surface area contributed by atoms with Crippen LogP contribution in [-0.4, -0.2) is 16.6 Å². The summed E-state index contributed by atoms with van der Waals surface area (Å²) in [5.74, 6) is 0. The Bertz CT molecular complexity index is 482. The number of nitrogens with zero attached hydrogens (tertiary/aromatic N) is 1. The Labute approximate surface area is 109 Å². The fourth-order valence-electron chi connectivity index (χ4n) is 1.17. The van der Waals surface area contributed by atoms with Gasteiger partial charge in [-0.2, -0.15) is 0 Å². The smallest absolute Gasteiger partial charge is 0.412 e. The van der Waals surface area contributed by atoms with Gasteiger partial charge in [0.15, 0.2) is 0 Å². The van der Waals surface area contributed by atoms with Gasteiger partial charge in [-0.1, -0.05) is 17.7 Å². The summed E-state index contributed by atoms with van der Waals surface area (Å²) in [7, 11) is 0. The van der Waals surface area contributed by atoms with Crippen LogP contribution >= 0.6 is 11.6 Å². The molecule has 0 radical (unpaired) electrons. The van der Waals surface area contributed by atoms with Gasteiger partial charge in [0.25, 0.3) is 5.69 Å². The average molecular weight is 273 g/mol. The van der Waals surface area contributed by atoms with Crippen molar-refractivity contribution in [1.29, 1.82) is 0 Å². The van der Waals surface area contributed by atoms with Crippen LogP contribution in [0.5, 0.6) is 0 Å². The fraction of sp³-hybridized carbons (Fsp3) is 0.364. The van der Waals surface area contributed by atoms with Gasteiger partial charge in [-0.25, -0.2) is 4.79 Å². The predicted molar refractivity (Wildman–Crippen MR) is 68.0 cm³/mol. The van der Waals surface area contributed by atoms with Gasteiger partial charge < -0.3 is 4.74 Å². The van der Waals surface area contributed by atoms with E-state index in [0.29, 0.717) is 0 Å². The number of carbonyl (C=O) groups is 1. The van der Waals surface area contributed by atoms with Crippen LogP contribution in [0.2, 0.25) is 5.02 Å². The number of amides is 1. The second kappa shape index (κ2) is 5.22. The van der Waals surface area contributed by atoms with E-state index in [0.717, 1.165) is 0 Å². The van der Waals surface area contributed by atoms with Crippen molar-refractivity contribution in [2.75, 3.05) is 5.32 Å². The second-order valence-electron chi connectivity index (χ2n) is 4.52. The van der Waals surface area contributed by atoms with E-state index in [4.69, 9.17) is 16.3 Å². The second-order valence-corrected chi connectivity index (χ2v) is 4.90. The van der Waals surface area contributed by atoms with Crippen molar-refractivity contribution in [3.05, 3.63) is 33.3 Å². The lowest BCUT2D eigenvalue weighted by Crippen LogP contribution is -2.27. The van der Waals surface area contributed by atoms with Crippen LogP contribution < -0.4 is 5.32 Å². The maximum Gasteiger partial charge on any atom is 0.412 e. The lowest BCUT2D eigenvalue weighted by atomic mass is 10.2. The summed E-state index contributed by atoms with van der Waals surface area (Å²) in [6.07, 6.45) is -0.718. The molecule has 0 aliphatic carbocycles. The van der Waals surface area contributed by atoms with Crippen molar-refractivity contribution in [1.82, 2.24) is 0 Å². The Morgan fingerprint density at radius 1 is 1.44 bits per heavy atom. The van der Waals surface area contributed by atoms with Crippen molar-refractivity contribution in [3.63, 3.8) is 0 Å². The molecule has 0 spiro atoms. The average Bonchev–Trinajstić information content (AvgIpc) is 2.17. The lowest BCUT2D eigenvalue weighted by Gasteiger charge is -2.19. The molecule has 0 saturated carbocycles. The molecule has 0 saturated heterocycles. The van der Waals surface area contributed by atoms with Gasteiger partial charge in [-0.05, 0) is 26.8 Å².